The molecule has 0 radical (unpaired) electrons. The van der Waals surface area contributed by atoms with Crippen molar-refractivity contribution in [2.75, 3.05) is 0 Å². The topological polar surface area (TPSA) is 120 Å². The number of hydrogen-bond donors (Lipinski definition) is 2. The van der Waals surface area contributed by atoms with Gasteiger partial charge in [0.05, 0.1) is 5.69 Å². The van der Waals surface area contributed by atoms with Crippen molar-refractivity contribution in [2.45, 2.75) is 6.04 Å². The van der Waals surface area contributed by atoms with Crippen LogP contribution in [0.1, 0.15) is 38.4 Å². The standard InChI is InChI=1S/C25H20FN7O2/c1-32-11-10-28-23(32)20(16-8-5-9-17(26)12-16)31-25(35)19-13-18(15-6-3-2-4-7-15)30-24-21(22(27)34)29-14-33(19)24/h2-14,20H,1H3,(H2,27,34)(H,31,35). The SMILES string of the molecule is Cn1ccnc1C(NC(=O)c1cc(-c2ccccc2)nc2c(C(N)=O)ncn12)c1cccc(F)c1. The number of aryl methyl sites for hydroxylation is 1. The maximum Gasteiger partial charge on any atom is 0.271 e. The maximum atomic E-state index is 14.1. The summed E-state index contributed by atoms with van der Waals surface area (Å²) in [5, 5.41) is 2.95. The van der Waals surface area contributed by atoms with Gasteiger partial charge in [0.1, 0.15) is 29.7 Å². The van der Waals surface area contributed by atoms with E-state index in [1.165, 1.54) is 22.9 Å². The lowest BCUT2D eigenvalue weighted by molar-refractivity contribution is 0.0933. The molecule has 2 amide bonds. The first-order valence-corrected chi connectivity index (χ1v) is 10.7. The number of carbonyl (C=O) groups is 2. The summed E-state index contributed by atoms with van der Waals surface area (Å²) in [5.41, 5.74) is 7.49. The van der Waals surface area contributed by atoms with Crippen LogP contribution in [0.25, 0.3) is 16.9 Å². The Morgan fingerprint density at radius 3 is 2.54 bits per heavy atom. The van der Waals surface area contributed by atoms with Crippen molar-refractivity contribution >= 4 is 17.5 Å². The molecule has 0 spiro atoms. The third-order valence-corrected chi connectivity index (χ3v) is 5.61. The minimum absolute atomic E-state index is 0.0531. The van der Waals surface area contributed by atoms with Crippen molar-refractivity contribution in [3.05, 3.63) is 108 Å². The predicted octanol–water partition coefficient (Wildman–Crippen LogP) is 2.89. The minimum atomic E-state index is -0.762. The number of amides is 2. The molecule has 1 atom stereocenters. The predicted molar refractivity (Wildman–Crippen MR) is 126 cm³/mol. The fourth-order valence-corrected chi connectivity index (χ4v) is 3.92. The van der Waals surface area contributed by atoms with Crippen molar-refractivity contribution in [2.24, 2.45) is 12.8 Å². The number of imidazole rings is 2. The number of primary amides is 1. The first-order valence-electron chi connectivity index (χ1n) is 10.7. The number of benzene rings is 2. The van der Waals surface area contributed by atoms with Crippen LogP contribution in [0.5, 0.6) is 0 Å². The third-order valence-electron chi connectivity index (χ3n) is 5.61. The monoisotopic (exact) mass is 469 g/mol. The first-order chi connectivity index (χ1) is 16.9. The molecule has 0 aliphatic carbocycles. The van der Waals surface area contributed by atoms with Gasteiger partial charge in [-0.1, -0.05) is 42.5 Å². The highest BCUT2D eigenvalue weighted by atomic mass is 19.1. The Balaban J connectivity index is 1.64. The molecule has 3 aromatic heterocycles. The molecule has 9 nitrogen and oxygen atoms in total. The fourth-order valence-electron chi connectivity index (χ4n) is 3.92. The largest absolute Gasteiger partial charge is 0.364 e. The van der Waals surface area contributed by atoms with Crippen molar-refractivity contribution in [1.29, 1.82) is 0 Å². The van der Waals surface area contributed by atoms with E-state index < -0.39 is 23.7 Å². The molecule has 3 heterocycles. The lowest BCUT2D eigenvalue weighted by Crippen LogP contribution is -2.32. The van der Waals surface area contributed by atoms with E-state index in [-0.39, 0.29) is 17.0 Å². The molecule has 174 valence electrons. The number of rotatable bonds is 6. The number of aromatic nitrogens is 5. The second-order valence-corrected chi connectivity index (χ2v) is 7.90. The number of fused-ring (bicyclic) bond motifs is 1. The van der Waals surface area contributed by atoms with E-state index >= 15 is 0 Å². The molecule has 2 aromatic carbocycles. The molecule has 5 rings (SSSR count). The van der Waals surface area contributed by atoms with Crippen molar-refractivity contribution in [3.8, 4) is 11.3 Å². The molecule has 0 bridgehead atoms. The Hall–Kier alpha value is -4.86. The molecule has 3 N–H and O–H groups in total. The third kappa shape index (κ3) is 4.12. The van der Waals surface area contributed by atoms with Gasteiger partial charge in [-0.25, -0.2) is 19.3 Å². The van der Waals surface area contributed by atoms with E-state index in [9.17, 15) is 14.0 Å². The van der Waals surface area contributed by atoms with E-state index in [0.717, 1.165) is 5.56 Å². The number of hydrogen-bond acceptors (Lipinski definition) is 5. The zero-order chi connectivity index (χ0) is 24.5. The van der Waals surface area contributed by atoms with E-state index in [4.69, 9.17) is 5.73 Å². The van der Waals surface area contributed by atoms with Gasteiger partial charge in [-0.3, -0.25) is 14.0 Å². The van der Waals surface area contributed by atoms with E-state index in [2.05, 4.69) is 20.3 Å². The van der Waals surface area contributed by atoms with Crippen LogP contribution in [0.3, 0.4) is 0 Å². The zero-order valence-corrected chi connectivity index (χ0v) is 18.6. The summed E-state index contributed by atoms with van der Waals surface area (Å²) < 4.78 is 17.2. The lowest BCUT2D eigenvalue weighted by atomic mass is 10.1. The summed E-state index contributed by atoms with van der Waals surface area (Å²) in [6.07, 6.45) is 4.66. The second-order valence-electron chi connectivity index (χ2n) is 7.90. The number of nitrogens with one attached hydrogen (secondary N) is 1. The first kappa shape index (κ1) is 22.0. The Kier molecular flexibility index (Phi) is 5.54. The summed E-state index contributed by atoms with van der Waals surface area (Å²) in [4.78, 5) is 38.6. The van der Waals surface area contributed by atoms with Gasteiger partial charge in [0.15, 0.2) is 11.3 Å². The summed E-state index contributed by atoms with van der Waals surface area (Å²) in [6.45, 7) is 0. The number of nitrogens with zero attached hydrogens (tertiary/aromatic N) is 5. The van der Waals surface area contributed by atoms with Gasteiger partial charge in [0, 0.05) is 25.0 Å². The number of nitrogens with two attached hydrogens (primary N) is 1. The Morgan fingerprint density at radius 1 is 1.06 bits per heavy atom. The molecule has 0 saturated carbocycles. The molecule has 35 heavy (non-hydrogen) atoms. The van der Waals surface area contributed by atoms with E-state index in [1.807, 2.05) is 30.3 Å². The second kappa shape index (κ2) is 8.82. The highest BCUT2D eigenvalue weighted by Crippen LogP contribution is 2.24. The van der Waals surface area contributed by atoms with Gasteiger partial charge >= 0.3 is 0 Å². The van der Waals surface area contributed by atoms with Gasteiger partial charge in [0.25, 0.3) is 11.8 Å². The van der Waals surface area contributed by atoms with Crippen LogP contribution >= 0.6 is 0 Å². The summed E-state index contributed by atoms with van der Waals surface area (Å²) >= 11 is 0. The summed E-state index contributed by atoms with van der Waals surface area (Å²) in [6, 6.07) is 16.0. The normalized spacial score (nSPS) is 11.9. The Bertz CT molecular complexity index is 1560. The highest BCUT2D eigenvalue weighted by molar-refractivity contribution is 5.99. The van der Waals surface area contributed by atoms with Gasteiger partial charge in [0.2, 0.25) is 0 Å². The maximum absolute atomic E-state index is 14.1. The van der Waals surface area contributed by atoms with Crippen LogP contribution in [-0.2, 0) is 7.05 Å². The Labute approximate surface area is 199 Å². The molecule has 0 saturated heterocycles. The molecule has 0 fully saturated rings. The minimum Gasteiger partial charge on any atom is -0.364 e. The lowest BCUT2D eigenvalue weighted by Gasteiger charge is -2.20. The molecule has 0 aliphatic heterocycles. The van der Waals surface area contributed by atoms with Crippen LogP contribution in [0.4, 0.5) is 4.39 Å². The van der Waals surface area contributed by atoms with Crippen molar-refractivity contribution in [3.63, 3.8) is 0 Å². The zero-order valence-electron chi connectivity index (χ0n) is 18.6. The smallest absolute Gasteiger partial charge is 0.271 e. The number of carbonyl (C=O) groups excluding carboxylic acids is 2. The quantitative estimate of drug-likeness (QED) is 0.396. The van der Waals surface area contributed by atoms with E-state index in [0.29, 0.717) is 17.1 Å². The molecule has 0 aliphatic rings. The van der Waals surface area contributed by atoms with Crippen LogP contribution < -0.4 is 11.1 Å². The molecule has 10 heteroatoms. The van der Waals surface area contributed by atoms with Crippen molar-refractivity contribution in [1.82, 2.24) is 29.2 Å². The average molecular weight is 469 g/mol. The van der Waals surface area contributed by atoms with Gasteiger partial charge in [-0.05, 0) is 23.8 Å². The molecular weight excluding hydrogens is 449 g/mol. The van der Waals surface area contributed by atoms with E-state index in [1.54, 1.807) is 42.2 Å². The van der Waals surface area contributed by atoms with Crippen LogP contribution in [-0.4, -0.2) is 35.7 Å². The molecule has 1 unspecified atom stereocenters. The number of halogens is 1. The summed E-state index contributed by atoms with van der Waals surface area (Å²) in [7, 11) is 1.79. The van der Waals surface area contributed by atoms with Crippen LogP contribution in [0.2, 0.25) is 0 Å². The van der Waals surface area contributed by atoms with Crippen LogP contribution in [0, 0.1) is 5.82 Å². The molecule has 5 aromatic rings. The van der Waals surface area contributed by atoms with Crippen molar-refractivity contribution < 1.29 is 14.0 Å². The van der Waals surface area contributed by atoms with Gasteiger partial charge < -0.3 is 15.6 Å². The summed E-state index contributed by atoms with van der Waals surface area (Å²) in [5.74, 6) is -1.18. The van der Waals surface area contributed by atoms with Gasteiger partial charge in [-0.15, -0.1) is 0 Å². The van der Waals surface area contributed by atoms with Crippen LogP contribution in [0.15, 0.2) is 79.4 Å². The molecular formula is C25H20FN7O2. The Morgan fingerprint density at radius 2 is 1.86 bits per heavy atom. The van der Waals surface area contributed by atoms with Gasteiger partial charge in [-0.2, -0.15) is 0 Å². The highest BCUT2D eigenvalue weighted by Gasteiger charge is 2.25. The fraction of sp³-hybridized carbons (Fsp3) is 0.0800. The average Bonchev–Trinajstić information content (AvgIpc) is 3.48.